The minimum Gasteiger partial charge on any atom is -0.507 e. The Labute approximate surface area is 166 Å². The minimum atomic E-state index is -2.04. The summed E-state index contributed by atoms with van der Waals surface area (Å²) in [6.45, 7) is 0.287. The number of carboxylic acids is 1. The Morgan fingerprint density at radius 2 is 1.79 bits per heavy atom. The molecule has 0 aromatic heterocycles. The summed E-state index contributed by atoms with van der Waals surface area (Å²) in [6.07, 6.45) is -0.290. The third kappa shape index (κ3) is 5.32. The fourth-order valence-electron chi connectivity index (χ4n) is 2.67. The Morgan fingerprint density at radius 3 is 2.31 bits per heavy atom. The zero-order valence-electron chi connectivity index (χ0n) is 15.2. The quantitative estimate of drug-likeness (QED) is 0.133. The number of para-hydroxylation sites is 1. The van der Waals surface area contributed by atoms with Crippen LogP contribution < -0.4 is 11.1 Å². The van der Waals surface area contributed by atoms with Crippen molar-refractivity contribution in [2.75, 3.05) is 0 Å². The second-order valence-corrected chi connectivity index (χ2v) is 6.17. The maximum Gasteiger partial charge on any atom is 0.475 e. The number of aromatic carboxylic acids is 1. The first-order valence-electron chi connectivity index (χ1n) is 8.51. The van der Waals surface area contributed by atoms with Crippen LogP contribution in [0.5, 0.6) is 5.75 Å². The number of nitrogens with one attached hydrogen (secondary N) is 1. The van der Waals surface area contributed by atoms with Crippen LogP contribution in [0.15, 0.2) is 47.6 Å². The summed E-state index contributed by atoms with van der Waals surface area (Å²) in [4.78, 5) is 23.6. The Kier molecular flexibility index (Phi) is 7.31. The number of carbonyl (C=O) groups excluding carboxylic acids is 1. The molecule has 0 aliphatic heterocycles. The van der Waals surface area contributed by atoms with Gasteiger partial charge in [0.25, 0.3) is 5.91 Å². The molecule has 0 radical (unpaired) electrons. The van der Waals surface area contributed by atoms with E-state index in [4.69, 9.17) is 10.8 Å². The Morgan fingerprint density at radius 1 is 1.14 bits per heavy atom. The van der Waals surface area contributed by atoms with Crippen LogP contribution in [-0.2, 0) is 17.8 Å². The molecule has 2 aromatic carbocycles. The maximum atomic E-state index is 12.5. The van der Waals surface area contributed by atoms with E-state index in [0.29, 0.717) is 0 Å². The van der Waals surface area contributed by atoms with E-state index >= 15 is 0 Å². The molecule has 1 atom stereocenters. The lowest BCUT2D eigenvalue weighted by atomic mass is 9.75. The molecule has 1 amide bonds. The molecule has 0 saturated carbocycles. The van der Waals surface area contributed by atoms with E-state index in [1.807, 2.05) is 0 Å². The van der Waals surface area contributed by atoms with Gasteiger partial charge < -0.3 is 36.5 Å². The first-order valence-corrected chi connectivity index (χ1v) is 8.51. The van der Waals surface area contributed by atoms with E-state index in [2.05, 4.69) is 10.5 Å². The van der Waals surface area contributed by atoms with Gasteiger partial charge in [-0.15, -0.1) is 0 Å². The molecule has 0 aliphatic rings. The average molecular weight is 401 g/mol. The van der Waals surface area contributed by atoms with Crippen LogP contribution in [0, 0.1) is 0 Å². The van der Waals surface area contributed by atoms with Crippen LogP contribution in [0.3, 0.4) is 0 Å². The number of rotatable bonds is 8. The number of amides is 1. The zero-order chi connectivity index (χ0) is 21.6. The van der Waals surface area contributed by atoms with Gasteiger partial charge in [0.1, 0.15) is 11.3 Å². The van der Waals surface area contributed by atoms with Crippen LogP contribution in [0.1, 0.15) is 27.0 Å². The molecule has 11 heteroatoms. The van der Waals surface area contributed by atoms with Gasteiger partial charge in [-0.3, -0.25) is 4.79 Å². The van der Waals surface area contributed by atoms with Gasteiger partial charge in [-0.1, -0.05) is 41.6 Å². The molecule has 0 fully saturated rings. The SMILES string of the molecule is NCc1ccc(/C(=N/O)C(=O)N[C@@H](Cc2cccc(C(=O)O)c2O)B(O)O)cc1. The minimum absolute atomic E-state index is 0.0816. The Balaban J connectivity index is 2.22. The van der Waals surface area contributed by atoms with Crippen molar-refractivity contribution in [3.63, 3.8) is 0 Å². The number of aromatic hydroxyl groups is 1. The number of carbonyl (C=O) groups is 2. The summed E-state index contributed by atoms with van der Waals surface area (Å²) in [5.74, 6) is -4.13. The van der Waals surface area contributed by atoms with E-state index in [1.54, 1.807) is 12.1 Å². The molecule has 2 aromatic rings. The second kappa shape index (κ2) is 9.69. The number of nitrogens with zero attached hydrogens (tertiary/aromatic N) is 1. The largest absolute Gasteiger partial charge is 0.507 e. The standard InChI is InChI=1S/C18H20BN3O7/c20-9-10-4-6-11(7-5-10)15(22-29)17(24)21-14(19(27)28)8-12-2-1-3-13(16(12)23)18(25)26/h1-7,14,23,27-29H,8-9,20H2,(H,21,24)(H,25,26)/b22-15-/t14-/m0/s1. The van der Waals surface area contributed by atoms with E-state index in [9.17, 15) is 30.0 Å². The lowest BCUT2D eigenvalue weighted by molar-refractivity contribution is -0.115. The smallest absolute Gasteiger partial charge is 0.475 e. The Bertz CT molecular complexity index is 916. The summed E-state index contributed by atoms with van der Waals surface area (Å²) in [5.41, 5.74) is 5.92. The van der Waals surface area contributed by atoms with Gasteiger partial charge in [0.2, 0.25) is 0 Å². The van der Waals surface area contributed by atoms with Gasteiger partial charge in [0.15, 0.2) is 5.71 Å². The van der Waals surface area contributed by atoms with Gasteiger partial charge in [-0.2, -0.15) is 0 Å². The lowest BCUT2D eigenvalue weighted by Crippen LogP contribution is -2.50. The highest BCUT2D eigenvalue weighted by atomic mass is 16.4. The van der Waals surface area contributed by atoms with Crippen LogP contribution in [0.4, 0.5) is 0 Å². The van der Waals surface area contributed by atoms with Crippen molar-refractivity contribution in [3.05, 3.63) is 64.7 Å². The highest BCUT2D eigenvalue weighted by Crippen LogP contribution is 2.24. The summed E-state index contributed by atoms with van der Waals surface area (Å²) in [6, 6.07) is 10.3. The van der Waals surface area contributed by atoms with Crippen molar-refractivity contribution in [2.24, 2.45) is 10.9 Å². The predicted octanol–water partition coefficient (Wildman–Crippen LogP) is -0.533. The van der Waals surface area contributed by atoms with E-state index in [0.717, 1.165) is 5.56 Å². The van der Waals surface area contributed by atoms with Crippen molar-refractivity contribution >= 4 is 24.7 Å². The average Bonchev–Trinajstić information content (AvgIpc) is 2.69. The summed E-state index contributed by atoms with van der Waals surface area (Å²) in [7, 11) is -2.04. The molecular formula is C18H20BN3O7. The molecule has 8 N–H and O–H groups in total. The first kappa shape index (κ1) is 21.9. The third-order valence-corrected chi connectivity index (χ3v) is 4.24. The van der Waals surface area contributed by atoms with E-state index < -0.39 is 30.7 Å². The van der Waals surface area contributed by atoms with Gasteiger partial charge in [-0.05, 0) is 23.6 Å². The van der Waals surface area contributed by atoms with Crippen molar-refractivity contribution in [1.82, 2.24) is 5.32 Å². The maximum absolute atomic E-state index is 12.5. The highest BCUT2D eigenvalue weighted by molar-refractivity contribution is 6.48. The predicted molar refractivity (Wildman–Crippen MR) is 104 cm³/mol. The molecule has 152 valence electrons. The van der Waals surface area contributed by atoms with Crippen LogP contribution in [0.25, 0.3) is 0 Å². The van der Waals surface area contributed by atoms with Crippen LogP contribution in [0.2, 0.25) is 0 Å². The van der Waals surface area contributed by atoms with Crippen molar-refractivity contribution in [2.45, 2.75) is 18.9 Å². The molecular weight excluding hydrogens is 381 g/mol. The van der Waals surface area contributed by atoms with Gasteiger partial charge in [-0.25, -0.2) is 4.79 Å². The number of carboxylic acid groups (broad SMARTS) is 1. The fraction of sp³-hybridized carbons (Fsp3) is 0.167. The molecule has 0 spiro atoms. The summed E-state index contributed by atoms with van der Waals surface area (Å²) < 4.78 is 0. The monoisotopic (exact) mass is 401 g/mol. The van der Waals surface area contributed by atoms with Crippen molar-refractivity contribution in [1.29, 1.82) is 0 Å². The Hall–Kier alpha value is -3.41. The first-order chi connectivity index (χ1) is 13.8. The number of benzene rings is 2. The molecule has 2 rings (SSSR count). The van der Waals surface area contributed by atoms with Crippen molar-refractivity contribution < 1.29 is 35.1 Å². The molecule has 0 saturated heterocycles. The molecule has 29 heavy (non-hydrogen) atoms. The second-order valence-electron chi connectivity index (χ2n) is 6.17. The number of oxime groups is 1. The topological polar surface area (TPSA) is 186 Å². The molecule has 0 heterocycles. The molecule has 0 unspecified atom stereocenters. The molecule has 0 aliphatic carbocycles. The number of hydrogen-bond acceptors (Lipinski definition) is 8. The third-order valence-electron chi connectivity index (χ3n) is 4.24. The van der Waals surface area contributed by atoms with Crippen LogP contribution in [-0.4, -0.2) is 56.1 Å². The van der Waals surface area contributed by atoms with E-state index in [-0.39, 0.29) is 35.4 Å². The number of phenols is 1. The normalized spacial score (nSPS) is 12.3. The highest BCUT2D eigenvalue weighted by Gasteiger charge is 2.29. The molecule has 0 bridgehead atoms. The van der Waals surface area contributed by atoms with Gasteiger partial charge in [0.05, 0.1) is 5.94 Å². The van der Waals surface area contributed by atoms with Crippen LogP contribution >= 0.6 is 0 Å². The number of nitrogens with two attached hydrogens (primary N) is 1. The van der Waals surface area contributed by atoms with Crippen molar-refractivity contribution in [3.8, 4) is 5.75 Å². The van der Waals surface area contributed by atoms with Gasteiger partial charge >= 0.3 is 13.1 Å². The molecule has 10 nitrogen and oxygen atoms in total. The summed E-state index contributed by atoms with van der Waals surface area (Å²) >= 11 is 0. The lowest BCUT2D eigenvalue weighted by Gasteiger charge is -2.19. The van der Waals surface area contributed by atoms with Gasteiger partial charge in [0, 0.05) is 12.1 Å². The summed E-state index contributed by atoms with van der Waals surface area (Å²) in [5, 5.41) is 52.9. The zero-order valence-corrected chi connectivity index (χ0v) is 15.2. The fourth-order valence-corrected chi connectivity index (χ4v) is 2.67. The van der Waals surface area contributed by atoms with E-state index in [1.165, 1.54) is 30.3 Å². The number of hydrogen-bond donors (Lipinski definition) is 7.